The lowest BCUT2D eigenvalue weighted by atomic mass is 9.49. The maximum Gasteiger partial charge on any atom is 0.162 e. The van der Waals surface area contributed by atoms with Gasteiger partial charge in [0.2, 0.25) is 0 Å². The van der Waals surface area contributed by atoms with Crippen molar-refractivity contribution < 1.29 is 9.53 Å². The van der Waals surface area contributed by atoms with Crippen LogP contribution >= 0.6 is 0 Å². The molecule has 0 bridgehead atoms. The zero-order valence-electron chi connectivity index (χ0n) is 18.5. The Kier molecular flexibility index (Phi) is 5.09. The maximum absolute atomic E-state index is 13.1. The van der Waals surface area contributed by atoms with Crippen LogP contribution in [-0.4, -0.2) is 19.0 Å². The fraction of sp³-hybridized carbons (Fsp3) is 0.923. The number of nitrogens with zero attached hydrogens (tertiary/aromatic N) is 1. The van der Waals surface area contributed by atoms with Gasteiger partial charge in [0.15, 0.2) is 5.78 Å². The van der Waals surface area contributed by atoms with Crippen molar-refractivity contribution in [3.8, 4) is 6.07 Å². The van der Waals surface area contributed by atoms with Crippen LogP contribution in [-0.2, 0) is 9.53 Å². The van der Waals surface area contributed by atoms with E-state index < -0.39 is 0 Å². The summed E-state index contributed by atoms with van der Waals surface area (Å²) in [6.45, 7) is 5.58. The summed E-state index contributed by atoms with van der Waals surface area (Å²) in [5, 5.41) is 9.22. The zero-order valence-corrected chi connectivity index (χ0v) is 18.5. The van der Waals surface area contributed by atoms with E-state index >= 15 is 0 Å². The number of ether oxygens (including phenoxy) is 1. The second kappa shape index (κ2) is 7.37. The minimum Gasteiger partial charge on any atom is -0.372 e. The van der Waals surface area contributed by atoms with Gasteiger partial charge in [-0.05, 0) is 105 Å². The van der Waals surface area contributed by atoms with E-state index in [0.29, 0.717) is 12.4 Å². The van der Waals surface area contributed by atoms with Crippen LogP contribution in [0.5, 0.6) is 0 Å². The molecule has 0 aromatic carbocycles. The van der Waals surface area contributed by atoms with E-state index in [4.69, 9.17) is 4.74 Å². The molecule has 5 fully saturated rings. The SMILES string of the molecule is CC1CCC2C(CCC3C2CCC2(C)C(C(=O)COCC4(C#N)CC4)CCC32)C1. The maximum atomic E-state index is 13.1. The molecule has 29 heavy (non-hydrogen) atoms. The molecule has 0 saturated heterocycles. The fourth-order valence-electron chi connectivity index (χ4n) is 8.50. The molecule has 5 aliphatic rings. The summed E-state index contributed by atoms with van der Waals surface area (Å²) < 4.78 is 5.77. The fourth-order valence-corrected chi connectivity index (χ4v) is 8.50. The van der Waals surface area contributed by atoms with E-state index in [1.807, 2.05) is 0 Å². The highest BCUT2D eigenvalue weighted by atomic mass is 16.5. The van der Waals surface area contributed by atoms with Gasteiger partial charge >= 0.3 is 0 Å². The average molecular weight is 398 g/mol. The molecular formula is C26H39NO2. The number of nitriles is 1. The Morgan fingerprint density at radius 1 is 1.00 bits per heavy atom. The summed E-state index contributed by atoms with van der Waals surface area (Å²) in [6.07, 6.45) is 14.0. The van der Waals surface area contributed by atoms with Crippen LogP contribution in [0.1, 0.15) is 84.5 Å². The Balaban J connectivity index is 1.23. The zero-order chi connectivity index (χ0) is 20.2. The van der Waals surface area contributed by atoms with Crippen LogP contribution in [0.15, 0.2) is 0 Å². The lowest BCUT2D eigenvalue weighted by molar-refractivity contribution is -0.135. The number of ketones is 1. The molecule has 8 atom stereocenters. The first kappa shape index (κ1) is 20.0. The second-order valence-corrected chi connectivity index (χ2v) is 11.9. The number of carbonyl (C=O) groups excluding carboxylic acids is 1. The Labute approximate surface area is 177 Å². The quantitative estimate of drug-likeness (QED) is 0.591. The number of Topliss-reactive ketones (excluding diaryl/α,β-unsaturated/α-hetero) is 1. The van der Waals surface area contributed by atoms with E-state index in [-0.39, 0.29) is 23.4 Å². The minimum atomic E-state index is -0.267. The molecule has 0 amide bonds. The topological polar surface area (TPSA) is 50.1 Å². The monoisotopic (exact) mass is 397 g/mol. The Bertz CT molecular complexity index is 691. The van der Waals surface area contributed by atoms with Gasteiger partial charge in [0.05, 0.1) is 18.1 Å². The van der Waals surface area contributed by atoms with Gasteiger partial charge in [-0.1, -0.05) is 20.3 Å². The van der Waals surface area contributed by atoms with Crippen molar-refractivity contribution in [2.45, 2.75) is 84.5 Å². The Morgan fingerprint density at radius 2 is 1.79 bits per heavy atom. The lowest BCUT2D eigenvalue weighted by Gasteiger charge is -2.56. The van der Waals surface area contributed by atoms with Crippen LogP contribution in [0, 0.1) is 63.6 Å². The highest BCUT2D eigenvalue weighted by molar-refractivity contribution is 5.83. The molecule has 5 rings (SSSR count). The van der Waals surface area contributed by atoms with Gasteiger partial charge in [-0.15, -0.1) is 0 Å². The standard InChI is InChI=1S/C26H39NO2/c1-17-3-5-19-18(13-17)4-6-21-20(19)9-10-25(2)22(21)7-8-23(25)24(28)14-29-16-26(15-27)11-12-26/h17-23H,3-14,16H2,1-2H3. The third-order valence-electron chi connectivity index (χ3n) is 10.3. The first-order valence-electron chi connectivity index (χ1n) is 12.5. The molecule has 0 radical (unpaired) electrons. The summed E-state index contributed by atoms with van der Waals surface area (Å²) in [4.78, 5) is 13.1. The van der Waals surface area contributed by atoms with Crippen molar-refractivity contribution in [3.05, 3.63) is 0 Å². The number of rotatable bonds is 5. The van der Waals surface area contributed by atoms with E-state index in [1.165, 1.54) is 51.4 Å². The summed E-state index contributed by atoms with van der Waals surface area (Å²) in [7, 11) is 0. The Morgan fingerprint density at radius 3 is 2.55 bits per heavy atom. The smallest absolute Gasteiger partial charge is 0.162 e. The number of fused-ring (bicyclic) bond motifs is 5. The summed E-state index contributed by atoms with van der Waals surface area (Å²) in [6, 6.07) is 2.37. The molecule has 0 aromatic heterocycles. The molecule has 0 aromatic rings. The highest BCUT2D eigenvalue weighted by Crippen LogP contribution is 2.64. The van der Waals surface area contributed by atoms with Gasteiger partial charge < -0.3 is 4.74 Å². The van der Waals surface area contributed by atoms with Crippen LogP contribution < -0.4 is 0 Å². The third-order valence-corrected chi connectivity index (χ3v) is 10.3. The van der Waals surface area contributed by atoms with Crippen molar-refractivity contribution in [3.63, 3.8) is 0 Å². The number of hydrogen-bond acceptors (Lipinski definition) is 3. The number of hydrogen-bond donors (Lipinski definition) is 0. The molecule has 3 heteroatoms. The molecule has 0 heterocycles. The van der Waals surface area contributed by atoms with Crippen LogP contribution in [0.4, 0.5) is 0 Å². The first-order chi connectivity index (χ1) is 14.0. The van der Waals surface area contributed by atoms with E-state index in [2.05, 4.69) is 19.9 Å². The summed E-state index contributed by atoms with van der Waals surface area (Å²) in [5.41, 5.74) is -0.0700. The van der Waals surface area contributed by atoms with Gasteiger partial charge in [0, 0.05) is 5.92 Å². The van der Waals surface area contributed by atoms with Gasteiger partial charge in [0.25, 0.3) is 0 Å². The van der Waals surface area contributed by atoms with Gasteiger partial charge in [-0.3, -0.25) is 4.79 Å². The molecule has 8 unspecified atom stereocenters. The van der Waals surface area contributed by atoms with Gasteiger partial charge in [-0.25, -0.2) is 0 Å². The first-order valence-corrected chi connectivity index (χ1v) is 12.5. The lowest BCUT2D eigenvalue weighted by Crippen LogP contribution is -2.49. The van der Waals surface area contributed by atoms with Crippen molar-refractivity contribution in [2.75, 3.05) is 13.2 Å². The van der Waals surface area contributed by atoms with Gasteiger partial charge in [-0.2, -0.15) is 5.26 Å². The predicted molar refractivity (Wildman–Crippen MR) is 113 cm³/mol. The third kappa shape index (κ3) is 3.38. The summed E-state index contributed by atoms with van der Waals surface area (Å²) in [5.74, 6) is 5.98. The molecule has 5 aliphatic carbocycles. The van der Waals surface area contributed by atoms with E-state index in [1.54, 1.807) is 0 Å². The molecule has 0 N–H and O–H groups in total. The second-order valence-electron chi connectivity index (χ2n) is 11.9. The largest absolute Gasteiger partial charge is 0.372 e. The predicted octanol–water partition coefficient (Wildman–Crippen LogP) is 5.78. The van der Waals surface area contributed by atoms with Crippen LogP contribution in [0.3, 0.4) is 0 Å². The molecule has 0 aliphatic heterocycles. The number of carbonyl (C=O) groups is 1. The van der Waals surface area contributed by atoms with Crippen LogP contribution in [0.2, 0.25) is 0 Å². The highest BCUT2D eigenvalue weighted by Gasteiger charge is 2.58. The minimum absolute atomic E-state index is 0.190. The van der Waals surface area contributed by atoms with Crippen molar-refractivity contribution in [2.24, 2.45) is 52.3 Å². The Hall–Kier alpha value is -0.880. The molecule has 5 saturated carbocycles. The molecule has 3 nitrogen and oxygen atoms in total. The van der Waals surface area contributed by atoms with Crippen molar-refractivity contribution >= 4 is 5.78 Å². The average Bonchev–Trinajstić information content (AvgIpc) is 3.40. The summed E-state index contributed by atoms with van der Waals surface area (Å²) >= 11 is 0. The molecular weight excluding hydrogens is 358 g/mol. The van der Waals surface area contributed by atoms with Crippen molar-refractivity contribution in [1.29, 1.82) is 5.26 Å². The van der Waals surface area contributed by atoms with Crippen LogP contribution in [0.25, 0.3) is 0 Å². The van der Waals surface area contributed by atoms with E-state index in [0.717, 1.165) is 54.8 Å². The molecule has 160 valence electrons. The van der Waals surface area contributed by atoms with E-state index in [9.17, 15) is 10.1 Å². The normalized spacial score (nSPS) is 47.4. The van der Waals surface area contributed by atoms with Crippen molar-refractivity contribution in [1.82, 2.24) is 0 Å². The molecule has 0 spiro atoms. The van der Waals surface area contributed by atoms with Gasteiger partial charge in [0.1, 0.15) is 6.61 Å².